The van der Waals surface area contributed by atoms with Gasteiger partial charge in [-0.3, -0.25) is 24.1 Å². The molecular formula is C53H83ClN6O10. The SMILES string of the molecule is CC(C)C[C@H](NC(=O)[C@H](C(C)C)N(C)C(=O)OC(C)(C)C)C(=O)N1CCC[C@H]1C(=O)OCc1ccccc1.C[NH2+][C@H](C(=O)N[C@@H](CC(C)C)C(=O)N1CCC[C@H]1C(=O)OCc1ccccc1)C(C)C.[Cl-]. The molecule has 2 aliphatic rings. The number of likely N-dealkylation sites (tertiary alicyclic amines) is 2. The summed E-state index contributed by atoms with van der Waals surface area (Å²) in [6, 6.07) is 15.0. The molecule has 4 rings (SSSR count). The highest BCUT2D eigenvalue weighted by atomic mass is 35.5. The minimum atomic E-state index is -0.836. The lowest BCUT2D eigenvalue weighted by Gasteiger charge is -2.34. The Kier molecular flexibility index (Phi) is 25.4. The van der Waals surface area contributed by atoms with Gasteiger partial charge >= 0.3 is 18.0 Å². The average Bonchev–Trinajstić information content (AvgIpc) is 3.98. The van der Waals surface area contributed by atoms with E-state index >= 15 is 0 Å². The summed E-state index contributed by atoms with van der Waals surface area (Å²) in [7, 11) is 3.39. The van der Waals surface area contributed by atoms with Crippen LogP contribution in [0.3, 0.4) is 0 Å². The van der Waals surface area contributed by atoms with Gasteiger partial charge in [0.05, 0.1) is 7.05 Å². The lowest BCUT2D eigenvalue weighted by atomic mass is 9.98. The fourth-order valence-electron chi connectivity index (χ4n) is 8.72. The molecular weight excluding hydrogens is 916 g/mol. The van der Waals surface area contributed by atoms with Gasteiger partial charge in [0.2, 0.25) is 17.7 Å². The van der Waals surface area contributed by atoms with Crippen LogP contribution >= 0.6 is 0 Å². The normalized spacial score (nSPS) is 17.4. The van der Waals surface area contributed by atoms with Gasteiger partial charge in [0, 0.05) is 26.1 Å². The Morgan fingerprint density at radius 3 is 1.40 bits per heavy atom. The minimum absolute atomic E-state index is 0. The quantitative estimate of drug-likeness (QED) is 0.131. The molecule has 2 aromatic rings. The molecule has 392 valence electrons. The van der Waals surface area contributed by atoms with Crippen molar-refractivity contribution in [2.45, 2.75) is 170 Å². The molecule has 5 amide bonds. The van der Waals surface area contributed by atoms with Crippen LogP contribution in [-0.2, 0) is 56.2 Å². The van der Waals surface area contributed by atoms with Crippen molar-refractivity contribution < 1.29 is 65.5 Å². The summed E-state index contributed by atoms with van der Waals surface area (Å²) in [5.74, 6) is -1.66. The molecule has 2 heterocycles. The molecule has 0 aromatic heterocycles. The highest BCUT2D eigenvalue weighted by Gasteiger charge is 2.42. The van der Waals surface area contributed by atoms with Gasteiger partial charge in [0.1, 0.15) is 49.0 Å². The van der Waals surface area contributed by atoms with Crippen LogP contribution in [0.15, 0.2) is 60.7 Å². The first-order valence-corrected chi connectivity index (χ1v) is 24.8. The van der Waals surface area contributed by atoms with E-state index in [2.05, 4.69) is 10.6 Å². The highest BCUT2D eigenvalue weighted by Crippen LogP contribution is 2.24. The number of ether oxygens (including phenoxy) is 3. The monoisotopic (exact) mass is 999 g/mol. The number of carbonyl (C=O) groups is 7. The summed E-state index contributed by atoms with van der Waals surface area (Å²) in [4.78, 5) is 96.1. The van der Waals surface area contributed by atoms with Crippen LogP contribution in [0.5, 0.6) is 0 Å². The maximum atomic E-state index is 13.7. The third-order valence-electron chi connectivity index (χ3n) is 12.1. The lowest BCUT2D eigenvalue weighted by Crippen LogP contribution is -3.00. The Morgan fingerprint density at radius 1 is 0.657 bits per heavy atom. The van der Waals surface area contributed by atoms with Gasteiger partial charge in [-0.05, 0) is 88.2 Å². The molecule has 0 spiro atoms. The summed E-state index contributed by atoms with van der Waals surface area (Å²) in [5, 5.41) is 7.72. The van der Waals surface area contributed by atoms with E-state index in [1.165, 1.54) is 16.8 Å². The number of nitrogens with two attached hydrogens (primary N) is 1. The maximum Gasteiger partial charge on any atom is 0.410 e. The van der Waals surface area contributed by atoms with E-state index in [1.54, 1.807) is 25.7 Å². The molecule has 17 heteroatoms. The zero-order valence-electron chi connectivity index (χ0n) is 44.0. The standard InChI is InChI=1S/C29H45N3O6.C24H37N3O4.ClH/c1-19(2)17-22(30-25(33)24(20(3)4)31(8)28(36)38-29(5,6)7)26(34)32-16-12-15-23(32)27(35)37-18-21-13-10-9-11-14-21;1-16(2)14-19(26-22(28)21(25-5)17(3)4)23(29)27-13-9-12-20(27)24(30)31-15-18-10-7-6-8-11-18;/h9-11,13-14,19-20,22-24H,12,15-18H2,1-8H3,(H,30,33);6-8,10-11,16-17,19-21,25H,9,12-15H2,1-5H3,(H,26,28);1H/t22-,23-,24-;19-,20-,21-;/m00./s1. The summed E-state index contributed by atoms with van der Waals surface area (Å²) < 4.78 is 16.5. The highest BCUT2D eigenvalue weighted by molar-refractivity contribution is 5.94. The number of benzene rings is 2. The number of quaternary nitrogens is 1. The van der Waals surface area contributed by atoms with Crippen molar-refractivity contribution in [3.05, 3.63) is 71.8 Å². The second kappa shape index (κ2) is 29.2. The van der Waals surface area contributed by atoms with Crippen LogP contribution < -0.4 is 28.4 Å². The van der Waals surface area contributed by atoms with E-state index in [1.807, 2.05) is 128 Å². The van der Waals surface area contributed by atoms with E-state index in [9.17, 15) is 33.6 Å². The number of carbonyl (C=O) groups excluding carboxylic acids is 7. The smallest absolute Gasteiger partial charge is 0.410 e. The zero-order chi connectivity index (χ0) is 51.6. The lowest BCUT2D eigenvalue weighted by molar-refractivity contribution is -0.656. The van der Waals surface area contributed by atoms with Crippen molar-refractivity contribution in [3.63, 3.8) is 0 Å². The number of nitrogens with zero attached hydrogens (tertiary/aromatic N) is 3. The topological polar surface area (TPSA) is 198 Å². The van der Waals surface area contributed by atoms with Crippen LogP contribution in [0.25, 0.3) is 0 Å². The molecule has 2 saturated heterocycles. The fourth-order valence-corrected chi connectivity index (χ4v) is 8.72. The number of esters is 2. The minimum Gasteiger partial charge on any atom is -1.00 e. The molecule has 2 aromatic carbocycles. The Hall–Kier alpha value is -5.22. The van der Waals surface area contributed by atoms with E-state index in [4.69, 9.17) is 14.2 Å². The van der Waals surface area contributed by atoms with Crippen molar-refractivity contribution in [2.24, 2.45) is 23.7 Å². The van der Waals surface area contributed by atoms with Crippen molar-refractivity contribution in [3.8, 4) is 0 Å². The number of nitrogens with one attached hydrogen (secondary N) is 2. The van der Waals surface area contributed by atoms with Crippen LogP contribution in [-0.4, -0.2) is 125 Å². The van der Waals surface area contributed by atoms with Gasteiger partial charge in [-0.1, -0.05) is 116 Å². The molecule has 4 N–H and O–H groups in total. The van der Waals surface area contributed by atoms with Crippen LogP contribution in [0.4, 0.5) is 4.79 Å². The first kappa shape index (κ1) is 60.9. The third-order valence-corrected chi connectivity index (χ3v) is 12.1. The summed E-state index contributed by atoms with van der Waals surface area (Å²) in [5.41, 5.74) is 1.07. The van der Waals surface area contributed by atoms with E-state index < -0.39 is 53.8 Å². The van der Waals surface area contributed by atoms with Crippen LogP contribution in [0.1, 0.15) is 126 Å². The molecule has 0 unspecified atom stereocenters. The van der Waals surface area contributed by atoms with E-state index in [-0.39, 0.29) is 79.0 Å². The van der Waals surface area contributed by atoms with Crippen molar-refractivity contribution in [1.29, 1.82) is 0 Å². The predicted octanol–water partition coefficient (Wildman–Crippen LogP) is 2.62. The molecule has 0 saturated carbocycles. The predicted molar refractivity (Wildman–Crippen MR) is 264 cm³/mol. The van der Waals surface area contributed by atoms with Crippen molar-refractivity contribution in [2.75, 3.05) is 27.2 Å². The molecule has 2 fully saturated rings. The summed E-state index contributed by atoms with van der Waals surface area (Å²) >= 11 is 0. The number of hydrogen-bond acceptors (Lipinski definition) is 10. The first-order valence-electron chi connectivity index (χ1n) is 24.8. The average molecular weight is 1000 g/mol. The summed E-state index contributed by atoms with van der Waals surface area (Å²) in [6.07, 6.45) is 2.83. The zero-order valence-corrected chi connectivity index (χ0v) is 44.8. The third kappa shape index (κ3) is 19.2. The van der Waals surface area contributed by atoms with Crippen LogP contribution in [0, 0.1) is 23.7 Å². The summed E-state index contributed by atoms with van der Waals surface area (Å²) in [6.45, 7) is 22.2. The Morgan fingerprint density at radius 2 is 1.06 bits per heavy atom. The largest absolute Gasteiger partial charge is 1.00 e. The van der Waals surface area contributed by atoms with E-state index in [0.29, 0.717) is 45.2 Å². The molecule has 70 heavy (non-hydrogen) atoms. The molecule has 16 nitrogen and oxygen atoms in total. The Labute approximate surface area is 423 Å². The maximum absolute atomic E-state index is 13.7. The molecule has 6 atom stereocenters. The molecule has 0 radical (unpaired) electrons. The van der Waals surface area contributed by atoms with Gasteiger partial charge < -0.3 is 52.4 Å². The number of rotatable bonds is 20. The number of halogens is 1. The number of hydrogen-bond donors (Lipinski definition) is 3. The van der Waals surface area contributed by atoms with Crippen molar-refractivity contribution >= 4 is 41.7 Å². The Bertz CT molecular complexity index is 1980. The molecule has 2 aliphatic heterocycles. The molecule has 0 bridgehead atoms. The first-order chi connectivity index (χ1) is 32.4. The van der Waals surface area contributed by atoms with E-state index in [0.717, 1.165) is 17.5 Å². The van der Waals surface area contributed by atoms with Crippen LogP contribution in [0.2, 0.25) is 0 Å². The van der Waals surface area contributed by atoms with Gasteiger partial charge in [-0.15, -0.1) is 0 Å². The number of likely N-dealkylation sites (N-methyl/N-ethyl adjacent to an activating group) is 2. The van der Waals surface area contributed by atoms with Gasteiger partial charge in [-0.2, -0.15) is 0 Å². The second-order valence-corrected chi connectivity index (χ2v) is 20.8. The Balaban J connectivity index is 0.000000483. The second-order valence-electron chi connectivity index (χ2n) is 20.8. The van der Waals surface area contributed by atoms with Gasteiger partial charge in [0.15, 0.2) is 6.04 Å². The molecule has 0 aliphatic carbocycles. The number of amides is 5. The van der Waals surface area contributed by atoms with Crippen molar-refractivity contribution in [1.82, 2.24) is 25.3 Å². The fraction of sp³-hybridized carbons (Fsp3) is 0.642. The van der Waals surface area contributed by atoms with Gasteiger partial charge in [-0.25, -0.2) is 14.4 Å². The van der Waals surface area contributed by atoms with Gasteiger partial charge in [0.25, 0.3) is 5.91 Å².